The molecule has 3 aromatic heterocycles. The number of fused-ring (bicyclic) bond motifs is 1. The summed E-state index contributed by atoms with van der Waals surface area (Å²) in [5.41, 5.74) is 9.30. The lowest BCUT2D eigenvalue weighted by atomic mass is 10.1. The Balaban J connectivity index is 1.39. The fraction of sp³-hybridized carbons (Fsp3) is 0.148. The number of benzene rings is 2. The predicted molar refractivity (Wildman–Crippen MR) is 139 cm³/mol. The van der Waals surface area contributed by atoms with E-state index >= 15 is 0 Å². The van der Waals surface area contributed by atoms with E-state index in [0.717, 1.165) is 17.2 Å². The third-order valence-corrected chi connectivity index (χ3v) is 6.18. The van der Waals surface area contributed by atoms with Crippen molar-refractivity contribution in [1.82, 2.24) is 29.8 Å². The van der Waals surface area contributed by atoms with Gasteiger partial charge in [-0.3, -0.25) is 9.48 Å². The largest absolute Gasteiger partial charge is 0.493 e. The standard InChI is InChI=1S/C27H20F5N7O3/c1-38-13-17(12-35-38)16-9-18(23(33)34-11-16)24-36-21-5-2-14(8-22(21)37-24)6-7-39(42-26(41)27(30,31)32)25(40)15-3-4-19(28)20(29)10-15/h2-5,8-13H,6-7H2,1H3,(H2,33,34)(H,36,37). The summed E-state index contributed by atoms with van der Waals surface area (Å²) >= 11 is 0. The maximum Gasteiger partial charge on any atom is 0.493 e. The van der Waals surface area contributed by atoms with Gasteiger partial charge in [0.1, 0.15) is 11.6 Å². The van der Waals surface area contributed by atoms with Gasteiger partial charge in [-0.15, -0.1) is 0 Å². The van der Waals surface area contributed by atoms with Crippen LogP contribution in [-0.2, 0) is 23.1 Å². The van der Waals surface area contributed by atoms with Crippen LogP contribution in [0.2, 0.25) is 0 Å². The molecule has 0 spiro atoms. The monoisotopic (exact) mass is 585 g/mol. The Labute approximate surface area is 233 Å². The summed E-state index contributed by atoms with van der Waals surface area (Å²) in [6.07, 6.45) is -0.383. The number of amides is 1. The predicted octanol–water partition coefficient (Wildman–Crippen LogP) is 4.59. The van der Waals surface area contributed by atoms with E-state index in [4.69, 9.17) is 5.73 Å². The van der Waals surface area contributed by atoms with Crippen molar-refractivity contribution >= 4 is 28.7 Å². The van der Waals surface area contributed by atoms with E-state index in [0.29, 0.717) is 40.1 Å². The molecule has 0 aliphatic rings. The zero-order valence-corrected chi connectivity index (χ0v) is 21.6. The first-order valence-electron chi connectivity index (χ1n) is 12.2. The number of nitrogens with two attached hydrogens (primary N) is 1. The molecule has 2 aromatic carbocycles. The van der Waals surface area contributed by atoms with Crippen LogP contribution in [0, 0.1) is 11.6 Å². The minimum absolute atomic E-state index is 0.0783. The number of nitrogens with one attached hydrogen (secondary N) is 1. The molecule has 0 bridgehead atoms. The molecular formula is C27H20F5N7O3. The number of carbonyl (C=O) groups excluding carboxylic acids is 2. The second kappa shape index (κ2) is 10.9. The molecule has 3 heterocycles. The average molecular weight is 585 g/mol. The van der Waals surface area contributed by atoms with Crippen molar-refractivity contribution in [3.63, 3.8) is 0 Å². The zero-order chi connectivity index (χ0) is 30.2. The van der Waals surface area contributed by atoms with Gasteiger partial charge in [0.05, 0.1) is 29.3 Å². The number of anilines is 1. The highest BCUT2D eigenvalue weighted by Gasteiger charge is 2.43. The highest BCUT2D eigenvalue weighted by atomic mass is 19.4. The minimum Gasteiger partial charge on any atom is -0.383 e. The van der Waals surface area contributed by atoms with Crippen molar-refractivity contribution in [2.24, 2.45) is 7.05 Å². The molecule has 0 radical (unpaired) electrons. The number of aromatic amines is 1. The molecule has 0 aliphatic heterocycles. The molecule has 0 fully saturated rings. The molecule has 0 saturated carbocycles. The lowest BCUT2D eigenvalue weighted by molar-refractivity contribution is -0.228. The van der Waals surface area contributed by atoms with E-state index in [1.54, 1.807) is 48.4 Å². The first kappa shape index (κ1) is 28.2. The van der Waals surface area contributed by atoms with Gasteiger partial charge < -0.3 is 15.6 Å². The summed E-state index contributed by atoms with van der Waals surface area (Å²) in [6.45, 7) is -0.532. The van der Waals surface area contributed by atoms with Gasteiger partial charge in [-0.05, 0) is 48.4 Å². The van der Waals surface area contributed by atoms with E-state index in [1.165, 1.54) is 0 Å². The third kappa shape index (κ3) is 5.89. The SMILES string of the molecule is Cn1cc(-c2cnc(N)c(-c3nc4ccc(CCN(OC(=O)C(F)(F)F)C(=O)c5ccc(F)c(F)c5)cc4[nH]3)c2)cn1. The topological polar surface area (TPSA) is 132 Å². The van der Waals surface area contributed by atoms with Crippen LogP contribution >= 0.6 is 0 Å². The first-order valence-corrected chi connectivity index (χ1v) is 12.2. The summed E-state index contributed by atoms with van der Waals surface area (Å²) in [5, 5.41) is 4.30. The number of nitrogens with zero attached hydrogens (tertiary/aromatic N) is 5. The van der Waals surface area contributed by atoms with E-state index in [1.807, 2.05) is 6.20 Å². The van der Waals surface area contributed by atoms with Crippen molar-refractivity contribution in [2.75, 3.05) is 12.3 Å². The third-order valence-electron chi connectivity index (χ3n) is 6.18. The number of halogens is 5. The van der Waals surface area contributed by atoms with Crippen LogP contribution in [0.5, 0.6) is 0 Å². The number of carbonyl (C=O) groups is 2. The summed E-state index contributed by atoms with van der Waals surface area (Å²) < 4.78 is 67.2. The molecule has 216 valence electrons. The number of alkyl halides is 3. The number of H-pyrrole nitrogens is 1. The van der Waals surface area contributed by atoms with Crippen molar-refractivity contribution in [3.05, 3.63) is 83.8 Å². The molecule has 42 heavy (non-hydrogen) atoms. The van der Waals surface area contributed by atoms with Crippen LogP contribution in [0.4, 0.5) is 27.8 Å². The van der Waals surface area contributed by atoms with Crippen LogP contribution in [0.1, 0.15) is 15.9 Å². The van der Waals surface area contributed by atoms with Gasteiger partial charge in [0.15, 0.2) is 11.6 Å². The molecule has 5 aromatic rings. The van der Waals surface area contributed by atoms with Gasteiger partial charge in [0, 0.05) is 36.1 Å². The molecule has 15 heteroatoms. The van der Waals surface area contributed by atoms with Crippen LogP contribution in [0.25, 0.3) is 33.5 Å². The quantitative estimate of drug-likeness (QED) is 0.220. The lowest BCUT2D eigenvalue weighted by Gasteiger charge is -2.22. The number of rotatable bonds is 6. The fourth-order valence-electron chi connectivity index (χ4n) is 4.08. The Kier molecular flexibility index (Phi) is 7.33. The first-order chi connectivity index (χ1) is 19.9. The number of aromatic nitrogens is 5. The molecule has 0 aliphatic carbocycles. The maximum absolute atomic E-state index is 13.7. The summed E-state index contributed by atoms with van der Waals surface area (Å²) in [5.74, 6) is -5.95. The molecule has 5 rings (SSSR count). The smallest absolute Gasteiger partial charge is 0.383 e. The van der Waals surface area contributed by atoms with Crippen LogP contribution < -0.4 is 5.73 Å². The second-order valence-electron chi connectivity index (χ2n) is 9.16. The highest BCUT2D eigenvalue weighted by Crippen LogP contribution is 2.29. The van der Waals surface area contributed by atoms with E-state index in [2.05, 4.69) is 24.9 Å². The van der Waals surface area contributed by atoms with Crippen molar-refractivity contribution in [1.29, 1.82) is 0 Å². The Hall–Kier alpha value is -5.34. The van der Waals surface area contributed by atoms with Crippen molar-refractivity contribution in [3.8, 4) is 22.5 Å². The normalized spacial score (nSPS) is 11.6. The van der Waals surface area contributed by atoms with E-state index < -0.39 is 41.8 Å². The number of hydrogen-bond donors (Lipinski definition) is 2. The minimum atomic E-state index is -5.40. The Morgan fingerprint density at radius 2 is 1.83 bits per heavy atom. The molecule has 0 atom stereocenters. The summed E-state index contributed by atoms with van der Waals surface area (Å²) in [4.78, 5) is 40.5. The van der Waals surface area contributed by atoms with Crippen LogP contribution in [0.15, 0.2) is 61.1 Å². The van der Waals surface area contributed by atoms with Gasteiger partial charge in [-0.25, -0.2) is 23.5 Å². The van der Waals surface area contributed by atoms with Crippen molar-refractivity contribution in [2.45, 2.75) is 12.6 Å². The number of hydroxylamine groups is 2. The Morgan fingerprint density at radius 1 is 1.05 bits per heavy atom. The number of pyridine rings is 1. The number of hydrogen-bond acceptors (Lipinski definition) is 7. The molecule has 1 amide bonds. The number of imidazole rings is 1. The summed E-state index contributed by atoms with van der Waals surface area (Å²) in [7, 11) is 1.78. The second-order valence-corrected chi connectivity index (χ2v) is 9.16. The lowest BCUT2D eigenvalue weighted by Crippen LogP contribution is -2.39. The molecular weight excluding hydrogens is 565 g/mol. The average Bonchev–Trinajstić information content (AvgIpc) is 3.57. The van der Waals surface area contributed by atoms with Gasteiger partial charge >= 0.3 is 12.1 Å². The van der Waals surface area contributed by atoms with Crippen molar-refractivity contribution < 1.29 is 36.4 Å². The molecule has 3 N–H and O–H groups in total. The number of aryl methyl sites for hydroxylation is 1. The molecule has 10 nitrogen and oxygen atoms in total. The number of nitrogen functional groups attached to an aromatic ring is 1. The molecule has 0 saturated heterocycles. The van der Waals surface area contributed by atoms with Gasteiger partial charge in [-0.1, -0.05) is 6.07 Å². The van der Waals surface area contributed by atoms with Gasteiger partial charge in [0.25, 0.3) is 5.91 Å². The summed E-state index contributed by atoms with van der Waals surface area (Å²) in [6, 6.07) is 8.69. The Bertz CT molecular complexity index is 1820. The molecule has 0 unspecified atom stereocenters. The van der Waals surface area contributed by atoms with Gasteiger partial charge in [-0.2, -0.15) is 23.3 Å². The fourth-order valence-corrected chi connectivity index (χ4v) is 4.08. The maximum atomic E-state index is 13.7. The van der Waals surface area contributed by atoms with E-state index in [9.17, 15) is 31.5 Å². The van der Waals surface area contributed by atoms with Gasteiger partial charge in [0.2, 0.25) is 0 Å². The van der Waals surface area contributed by atoms with Crippen LogP contribution in [-0.4, -0.2) is 54.4 Å². The Morgan fingerprint density at radius 3 is 2.52 bits per heavy atom. The van der Waals surface area contributed by atoms with E-state index in [-0.39, 0.29) is 17.3 Å². The zero-order valence-electron chi connectivity index (χ0n) is 21.6. The highest BCUT2D eigenvalue weighted by molar-refractivity contribution is 5.94. The van der Waals surface area contributed by atoms with Crippen LogP contribution in [0.3, 0.4) is 0 Å².